The summed E-state index contributed by atoms with van der Waals surface area (Å²) in [7, 11) is 0. The molecule has 0 spiro atoms. The number of urea groups is 1. The number of alkyl halides is 1. The van der Waals surface area contributed by atoms with Crippen LogP contribution in [0.5, 0.6) is 0 Å². The van der Waals surface area contributed by atoms with Crippen LogP contribution in [0.3, 0.4) is 0 Å². The van der Waals surface area contributed by atoms with Crippen molar-refractivity contribution in [2.24, 2.45) is 0 Å². The number of thioether (sulfide) groups is 1. The predicted octanol–water partition coefficient (Wildman–Crippen LogP) is 2.39. The van der Waals surface area contributed by atoms with E-state index in [9.17, 15) is 9.59 Å². The molecule has 2 saturated heterocycles. The Balaban J connectivity index is 1.49. The maximum Gasteiger partial charge on any atom is 0.315 e. The van der Waals surface area contributed by atoms with E-state index in [1.54, 1.807) is 0 Å². The number of amides is 3. The third-order valence-electron chi connectivity index (χ3n) is 4.21. The van der Waals surface area contributed by atoms with Gasteiger partial charge in [0, 0.05) is 29.3 Å². The second kappa shape index (κ2) is 9.65. The van der Waals surface area contributed by atoms with E-state index in [0.717, 1.165) is 49.7 Å². The highest BCUT2D eigenvalue weighted by Crippen LogP contribution is 2.33. The molecule has 7 heteroatoms. The van der Waals surface area contributed by atoms with E-state index in [1.165, 1.54) is 6.42 Å². The van der Waals surface area contributed by atoms with Crippen LogP contribution in [0.1, 0.15) is 44.9 Å². The highest BCUT2D eigenvalue weighted by Gasteiger charge is 2.42. The monoisotopic (exact) mass is 391 g/mol. The Bertz CT molecular complexity index is 384. The summed E-state index contributed by atoms with van der Waals surface area (Å²) in [6.45, 7) is 0.797. The van der Waals surface area contributed by atoms with Crippen molar-refractivity contribution in [3.05, 3.63) is 0 Å². The lowest BCUT2D eigenvalue weighted by Crippen LogP contribution is -2.36. The van der Waals surface area contributed by atoms with Crippen LogP contribution in [-0.4, -0.2) is 46.9 Å². The molecule has 3 amide bonds. The number of carbonyl (C=O) groups is 2. The summed E-state index contributed by atoms with van der Waals surface area (Å²) in [5.41, 5.74) is 0. The van der Waals surface area contributed by atoms with E-state index in [0.29, 0.717) is 17.7 Å². The second-order valence-electron chi connectivity index (χ2n) is 5.97. The number of halogens is 1. The minimum absolute atomic E-state index is 0.0282. The summed E-state index contributed by atoms with van der Waals surface area (Å²) in [6, 6.07) is 0.547. The Labute approximate surface area is 145 Å². The molecule has 2 aliphatic rings. The molecule has 0 saturated carbocycles. The molecule has 3 N–H and O–H groups in total. The summed E-state index contributed by atoms with van der Waals surface area (Å²) in [4.78, 5) is 23.0. The fourth-order valence-corrected chi connectivity index (χ4v) is 4.93. The van der Waals surface area contributed by atoms with E-state index in [2.05, 4.69) is 31.9 Å². The lowest BCUT2D eigenvalue weighted by Gasteiger charge is -2.16. The molecule has 5 nitrogen and oxygen atoms in total. The van der Waals surface area contributed by atoms with Crippen LogP contribution in [0, 0.1) is 0 Å². The van der Waals surface area contributed by atoms with Gasteiger partial charge in [-0.25, -0.2) is 4.79 Å². The highest BCUT2D eigenvalue weighted by atomic mass is 79.9. The lowest BCUT2D eigenvalue weighted by atomic mass is 10.0. The molecule has 22 heavy (non-hydrogen) atoms. The van der Waals surface area contributed by atoms with Gasteiger partial charge in [0.2, 0.25) is 5.91 Å². The summed E-state index contributed by atoms with van der Waals surface area (Å²) in [5.74, 6) is 1.18. The Morgan fingerprint density at radius 3 is 2.91 bits per heavy atom. The minimum Gasteiger partial charge on any atom is -0.356 e. The van der Waals surface area contributed by atoms with Gasteiger partial charge in [-0.05, 0) is 25.7 Å². The van der Waals surface area contributed by atoms with E-state index in [4.69, 9.17) is 0 Å². The molecule has 2 heterocycles. The Morgan fingerprint density at radius 2 is 2.09 bits per heavy atom. The molecule has 0 aliphatic carbocycles. The van der Waals surface area contributed by atoms with Gasteiger partial charge in [-0.3, -0.25) is 4.79 Å². The van der Waals surface area contributed by atoms with Gasteiger partial charge in [0.1, 0.15) is 0 Å². The standard InChI is InChI=1S/C15H26BrN3O2S/c16-8-4-1-5-9-17-13(20)7-3-2-6-12-14-11(10-22-12)18-15(21)19-14/h11-12,14H,1-10H2,(H,17,20)(H2,18,19,21). The molecule has 3 unspecified atom stereocenters. The van der Waals surface area contributed by atoms with E-state index in [-0.39, 0.29) is 18.0 Å². The van der Waals surface area contributed by atoms with Gasteiger partial charge in [-0.1, -0.05) is 28.8 Å². The first-order valence-electron chi connectivity index (χ1n) is 8.22. The maximum atomic E-state index is 11.7. The van der Waals surface area contributed by atoms with Crippen LogP contribution >= 0.6 is 27.7 Å². The predicted molar refractivity (Wildman–Crippen MR) is 94.6 cm³/mol. The molecule has 126 valence electrons. The summed E-state index contributed by atoms with van der Waals surface area (Å²) >= 11 is 5.34. The molecule has 3 atom stereocenters. The zero-order valence-corrected chi connectivity index (χ0v) is 15.3. The number of carbonyl (C=O) groups excluding carboxylic acids is 2. The van der Waals surface area contributed by atoms with E-state index >= 15 is 0 Å². The molecular formula is C15H26BrN3O2S. The Kier molecular flexibility index (Phi) is 7.86. The molecule has 0 aromatic carbocycles. The number of rotatable bonds is 10. The number of hydrogen-bond donors (Lipinski definition) is 3. The number of hydrogen-bond acceptors (Lipinski definition) is 3. The third kappa shape index (κ3) is 5.65. The Morgan fingerprint density at radius 1 is 1.23 bits per heavy atom. The minimum atomic E-state index is -0.0282. The van der Waals surface area contributed by atoms with Gasteiger partial charge in [0.25, 0.3) is 0 Å². The quantitative estimate of drug-likeness (QED) is 0.304. The topological polar surface area (TPSA) is 70.2 Å². The first-order valence-corrected chi connectivity index (χ1v) is 10.4. The van der Waals surface area contributed by atoms with Gasteiger partial charge in [0.15, 0.2) is 0 Å². The second-order valence-corrected chi connectivity index (χ2v) is 8.03. The zero-order chi connectivity index (χ0) is 15.8. The summed E-state index contributed by atoms with van der Waals surface area (Å²) < 4.78 is 0. The summed E-state index contributed by atoms with van der Waals surface area (Å²) in [6.07, 6.45) is 7.07. The summed E-state index contributed by atoms with van der Waals surface area (Å²) in [5, 5.41) is 10.5. The van der Waals surface area contributed by atoms with Crippen molar-refractivity contribution in [2.45, 2.75) is 62.3 Å². The van der Waals surface area contributed by atoms with E-state index < -0.39 is 0 Å². The van der Waals surface area contributed by atoms with Crippen molar-refractivity contribution >= 4 is 39.6 Å². The molecule has 2 aliphatic heterocycles. The Hall–Kier alpha value is -0.430. The van der Waals surface area contributed by atoms with Gasteiger partial charge in [0.05, 0.1) is 12.1 Å². The number of nitrogens with one attached hydrogen (secondary N) is 3. The normalized spacial score (nSPS) is 26.4. The fraction of sp³-hybridized carbons (Fsp3) is 0.867. The molecule has 2 rings (SSSR count). The van der Waals surface area contributed by atoms with Crippen molar-refractivity contribution in [1.29, 1.82) is 0 Å². The molecular weight excluding hydrogens is 366 g/mol. The van der Waals surface area contributed by atoms with Crippen LogP contribution in [0.15, 0.2) is 0 Å². The van der Waals surface area contributed by atoms with Gasteiger partial charge in [-0.15, -0.1) is 0 Å². The first kappa shape index (κ1) is 17.9. The maximum absolute atomic E-state index is 11.7. The number of fused-ring (bicyclic) bond motifs is 1. The average Bonchev–Trinajstić information content (AvgIpc) is 3.03. The molecule has 0 aromatic rings. The van der Waals surface area contributed by atoms with Crippen molar-refractivity contribution in [3.63, 3.8) is 0 Å². The van der Waals surface area contributed by atoms with Crippen molar-refractivity contribution in [3.8, 4) is 0 Å². The van der Waals surface area contributed by atoms with Crippen LogP contribution in [0.2, 0.25) is 0 Å². The van der Waals surface area contributed by atoms with Crippen molar-refractivity contribution in [2.75, 3.05) is 17.6 Å². The zero-order valence-electron chi connectivity index (χ0n) is 12.9. The van der Waals surface area contributed by atoms with Crippen LogP contribution in [0.25, 0.3) is 0 Å². The molecule has 2 fully saturated rings. The SMILES string of the molecule is O=C(CCCCC1SCC2NC(=O)NC21)NCCCCCBr. The third-order valence-corrected chi connectivity index (χ3v) is 6.28. The van der Waals surface area contributed by atoms with Crippen molar-refractivity contribution < 1.29 is 9.59 Å². The van der Waals surface area contributed by atoms with Gasteiger partial charge < -0.3 is 16.0 Å². The van der Waals surface area contributed by atoms with Gasteiger partial charge >= 0.3 is 6.03 Å². The number of unbranched alkanes of at least 4 members (excludes halogenated alkanes) is 3. The van der Waals surface area contributed by atoms with Gasteiger partial charge in [-0.2, -0.15) is 11.8 Å². The van der Waals surface area contributed by atoms with Crippen LogP contribution in [-0.2, 0) is 4.79 Å². The fourth-order valence-electron chi connectivity index (χ4n) is 2.99. The molecule has 0 aromatic heterocycles. The first-order chi connectivity index (χ1) is 10.7. The van der Waals surface area contributed by atoms with Crippen LogP contribution in [0.4, 0.5) is 4.79 Å². The molecule has 0 radical (unpaired) electrons. The lowest BCUT2D eigenvalue weighted by molar-refractivity contribution is -0.121. The largest absolute Gasteiger partial charge is 0.356 e. The average molecular weight is 392 g/mol. The molecule has 0 bridgehead atoms. The van der Waals surface area contributed by atoms with Crippen molar-refractivity contribution in [1.82, 2.24) is 16.0 Å². The smallest absolute Gasteiger partial charge is 0.315 e. The van der Waals surface area contributed by atoms with Crippen LogP contribution < -0.4 is 16.0 Å². The van der Waals surface area contributed by atoms with E-state index in [1.807, 2.05) is 11.8 Å². The highest BCUT2D eigenvalue weighted by molar-refractivity contribution is 9.09.